The minimum Gasteiger partial charge on any atom is -0.367 e. The van der Waals surface area contributed by atoms with Crippen molar-refractivity contribution in [1.82, 2.24) is 29.8 Å². The third-order valence-corrected chi connectivity index (χ3v) is 6.82. The van der Waals surface area contributed by atoms with Gasteiger partial charge in [0, 0.05) is 54.9 Å². The van der Waals surface area contributed by atoms with Crippen LogP contribution in [0.4, 0.5) is 21.8 Å². The second-order valence-electron chi connectivity index (χ2n) is 9.06. The molecule has 0 unspecified atom stereocenters. The van der Waals surface area contributed by atoms with E-state index < -0.39 is 5.95 Å². The van der Waals surface area contributed by atoms with Gasteiger partial charge >= 0.3 is 0 Å². The second kappa shape index (κ2) is 8.22. The van der Waals surface area contributed by atoms with Gasteiger partial charge in [0.2, 0.25) is 11.9 Å². The smallest absolute Gasteiger partial charge is 0.237 e. The Labute approximate surface area is 191 Å². The molecule has 6 rings (SSSR count). The summed E-state index contributed by atoms with van der Waals surface area (Å²) in [7, 11) is 0. The topological polar surface area (TPSA) is 83.8 Å². The summed E-state index contributed by atoms with van der Waals surface area (Å²) >= 11 is 0. The molecule has 0 bridgehead atoms. The van der Waals surface area contributed by atoms with E-state index in [0.717, 1.165) is 67.4 Å². The third-order valence-electron chi connectivity index (χ3n) is 6.82. The number of pyridine rings is 2. The zero-order valence-corrected chi connectivity index (χ0v) is 18.6. The summed E-state index contributed by atoms with van der Waals surface area (Å²) in [5, 5.41) is 8.34. The highest BCUT2D eigenvalue weighted by Crippen LogP contribution is 2.38. The van der Waals surface area contributed by atoms with Crippen LogP contribution in [0.25, 0.3) is 21.9 Å². The van der Waals surface area contributed by atoms with Gasteiger partial charge in [0.25, 0.3) is 0 Å². The van der Waals surface area contributed by atoms with Crippen molar-refractivity contribution < 1.29 is 4.39 Å². The lowest BCUT2D eigenvalue weighted by molar-refractivity contribution is 0.484. The number of hydrogen-bond donors (Lipinski definition) is 2. The maximum atomic E-state index is 14.8. The van der Waals surface area contributed by atoms with Crippen LogP contribution >= 0.6 is 0 Å². The first-order chi connectivity index (χ1) is 16.2. The minimum atomic E-state index is -0.452. The van der Waals surface area contributed by atoms with Crippen molar-refractivity contribution in [3.8, 4) is 0 Å². The average molecular weight is 447 g/mol. The van der Waals surface area contributed by atoms with Crippen LogP contribution in [0.3, 0.4) is 0 Å². The zero-order chi connectivity index (χ0) is 22.4. The lowest BCUT2D eigenvalue weighted by Crippen LogP contribution is -2.49. The molecule has 1 saturated carbocycles. The molecule has 0 amide bonds. The van der Waals surface area contributed by atoms with Crippen LogP contribution in [-0.2, 0) is 0 Å². The molecule has 8 nitrogen and oxygen atoms in total. The Hall–Kier alpha value is -3.33. The maximum absolute atomic E-state index is 14.8. The van der Waals surface area contributed by atoms with Crippen molar-refractivity contribution in [1.29, 1.82) is 0 Å². The largest absolute Gasteiger partial charge is 0.367 e. The SMILES string of the molecule is C[C@@H]1CN(c2ccc(Nc3ncc4c5ccnc(F)c5n(C5CCCC5)c4n3)nc2)CCN1. The molecule has 33 heavy (non-hydrogen) atoms. The molecule has 1 aliphatic carbocycles. The molecule has 0 aromatic carbocycles. The van der Waals surface area contributed by atoms with Gasteiger partial charge in [-0.3, -0.25) is 0 Å². The quantitative estimate of drug-likeness (QED) is 0.455. The van der Waals surface area contributed by atoms with E-state index in [1.54, 1.807) is 6.20 Å². The highest BCUT2D eigenvalue weighted by molar-refractivity contribution is 6.06. The highest BCUT2D eigenvalue weighted by Gasteiger charge is 2.25. The normalized spacial score (nSPS) is 19.6. The molecule has 1 saturated heterocycles. The van der Waals surface area contributed by atoms with E-state index in [0.29, 0.717) is 23.3 Å². The molecule has 1 aliphatic heterocycles. The Balaban J connectivity index is 1.34. The van der Waals surface area contributed by atoms with E-state index in [4.69, 9.17) is 4.98 Å². The number of aromatic nitrogens is 5. The summed E-state index contributed by atoms with van der Waals surface area (Å²) < 4.78 is 16.8. The summed E-state index contributed by atoms with van der Waals surface area (Å²) in [4.78, 5) is 20.1. The van der Waals surface area contributed by atoms with Gasteiger partial charge in [-0.15, -0.1) is 0 Å². The Morgan fingerprint density at radius 1 is 1.06 bits per heavy atom. The molecule has 9 heteroatoms. The summed E-state index contributed by atoms with van der Waals surface area (Å²) in [6, 6.07) is 6.56. The number of halogens is 1. The van der Waals surface area contributed by atoms with Crippen LogP contribution in [0.15, 0.2) is 36.8 Å². The van der Waals surface area contributed by atoms with Gasteiger partial charge in [-0.1, -0.05) is 12.8 Å². The van der Waals surface area contributed by atoms with Crippen molar-refractivity contribution in [2.24, 2.45) is 0 Å². The molecular weight excluding hydrogens is 419 g/mol. The number of nitrogens with one attached hydrogen (secondary N) is 2. The summed E-state index contributed by atoms with van der Waals surface area (Å²) in [5.41, 5.74) is 2.38. The first-order valence-electron chi connectivity index (χ1n) is 11.7. The number of nitrogens with zero attached hydrogens (tertiary/aromatic N) is 6. The molecule has 1 atom stereocenters. The summed E-state index contributed by atoms with van der Waals surface area (Å²) in [6.45, 7) is 5.09. The van der Waals surface area contributed by atoms with E-state index in [1.807, 2.05) is 22.9 Å². The molecule has 2 aliphatic rings. The van der Waals surface area contributed by atoms with Crippen LogP contribution in [0.5, 0.6) is 0 Å². The van der Waals surface area contributed by atoms with Crippen molar-refractivity contribution in [2.75, 3.05) is 29.9 Å². The third kappa shape index (κ3) is 3.66. The zero-order valence-electron chi connectivity index (χ0n) is 18.6. The van der Waals surface area contributed by atoms with Crippen LogP contribution < -0.4 is 15.5 Å². The highest BCUT2D eigenvalue weighted by atomic mass is 19.1. The van der Waals surface area contributed by atoms with Gasteiger partial charge in [0.05, 0.1) is 11.9 Å². The van der Waals surface area contributed by atoms with Gasteiger partial charge in [-0.2, -0.15) is 9.37 Å². The van der Waals surface area contributed by atoms with E-state index in [-0.39, 0.29) is 6.04 Å². The standard InChI is InChI=1S/C24H27FN8/c1-15-14-32(11-10-26-15)17-6-7-20(28-12-17)30-24-29-13-19-18-8-9-27-22(25)21(18)33(23(19)31-24)16-4-2-3-5-16/h6-9,12-13,15-16,26H,2-5,10-11,14H2,1H3,(H,28,29,30,31)/t15-/m1/s1. The molecule has 0 spiro atoms. The number of fused-ring (bicyclic) bond motifs is 3. The fraction of sp³-hybridized carbons (Fsp3) is 0.417. The first kappa shape index (κ1) is 20.3. The van der Waals surface area contributed by atoms with Crippen LogP contribution in [-0.4, -0.2) is 50.2 Å². The Morgan fingerprint density at radius 3 is 2.73 bits per heavy atom. The van der Waals surface area contributed by atoms with Crippen LogP contribution in [0.2, 0.25) is 0 Å². The lowest BCUT2D eigenvalue weighted by Gasteiger charge is -2.33. The summed E-state index contributed by atoms with van der Waals surface area (Å²) in [6.07, 6.45) is 9.50. The number of hydrogen-bond acceptors (Lipinski definition) is 7. The fourth-order valence-corrected chi connectivity index (χ4v) is 5.23. The van der Waals surface area contributed by atoms with Crippen molar-refractivity contribution in [3.63, 3.8) is 0 Å². The second-order valence-corrected chi connectivity index (χ2v) is 9.06. The van der Waals surface area contributed by atoms with Crippen molar-refractivity contribution in [2.45, 2.75) is 44.7 Å². The molecule has 4 aromatic heterocycles. The number of rotatable bonds is 4. The first-order valence-corrected chi connectivity index (χ1v) is 11.7. The minimum absolute atomic E-state index is 0.227. The van der Waals surface area contributed by atoms with E-state index >= 15 is 0 Å². The van der Waals surface area contributed by atoms with E-state index in [1.165, 1.54) is 6.20 Å². The Bertz CT molecular complexity index is 1300. The molecule has 4 aromatic rings. The van der Waals surface area contributed by atoms with Crippen molar-refractivity contribution >= 4 is 39.4 Å². The monoisotopic (exact) mass is 446 g/mol. The molecule has 2 N–H and O–H groups in total. The van der Waals surface area contributed by atoms with Crippen molar-refractivity contribution in [3.05, 3.63) is 42.7 Å². The Kier molecular flexibility index (Phi) is 5.05. The molecular formula is C24H27FN8. The maximum Gasteiger partial charge on any atom is 0.237 e. The van der Waals surface area contributed by atoms with Gasteiger partial charge in [0.1, 0.15) is 17.0 Å². The molecule has 170 valence electrons. The molecule has 5 heterocycles. The van der Waals surface area contributed by atoms with Crippen LogP contribution in [0, 0.1) is 5.95 Å². The van der Waals surface area contributed by atoms with Gasteiger partial charge in [-0.05, 0) is 38.0 Å². The average Bonchev–Trinajstić information content (AvgIpc) is 3.46. The van der Waals surface area contributed by atoms with E-state index in [9.17, 15) is 4.39 Å². The fourth-order valence-electron chi connectivity index (χ4n) is 5.23. The predicted molar refractivity (Wildman–Crippen MR) is 127 cm³/mol. The lowest BCUT2D eigenvalue weighted by atomic mass is 10.2. The van der Waals surface area contributed by atoms with Gasteiger partial charge < -0.3 is 20.1 Å². The van der Waals surface area contributed by atoms with Gasteiger partial charge in [0.15, 0.2) is 0 Å². The number of anilines is 3. The summed E-state index contributed by atoms with van der Waals surface area (Å²) in [5.74, 6) is 0.679. The Morgan fingerprint density at radius 2 is 1.94 bits per heavy atom. The molecule has 2 fully saturated rings. The number of piperazine rings is 1. The van der Waals surface area contributed by atoms with Gasteiger partial charge in [-0.25, -0.2) is 15.0 Å². The molecule has 0 radical (unpaired) electrons. The van der Waals surface area contributed by atoms with Crippen LogP contribution in [0.1, 0.15) is 38.6 Å². The van der Waals surface area contributed by atoms with E-state index in [2.05, 4.69) is 43.5 Å². The predicted octanol–water partition coefficient (Wildman–Crippen LogP) is 4.17.